The largest absolute Gasteiger partial charge is 0.484 e. The zero-order chi connectivity index (χ0) is 15.7. The Balaban J connectivity index is 2.16. The van der Waals surface area contributed by atoms with Crippen LogP contribution >= 0.6 is 28.1 Å². The molecule has 0 aliphatic carbocycles. The van der Waals surface area contributed by atoms with Crippen molar-refractivity contribution in [1.82, 2.24) is 21.1 Å². The van der Waals surface area contributed by atoms with E-state index in [1.807, 2.05) is 31.1 Å². The predicted molar refractivity (Wildman–Crippen MR) is 90.1 cm³/mol. The summed E-state index contributed by atoms with van der Waals surface area (Å²) in [5.41, 5.74) is 5.08. The molecule has 0 saturated carbocycles. The first-order valence-electron chi connectivity index (χ1n) is 6.33. The number of amides is 1. The van der Waals surface area contributed by atoms with Crippen LogP contribution in [-0.4, -0.2) is 49.7 Å². The van der Waals surface area contributed by atoms with Gasteiger partial charge >= 0.3 is 0 Å². The number of nitrogens with one attached hydrogen (secondary N) is 3. The second-order valence-corrected chi connectivity index (χ2v) is 5.80. The molecule has 0 saturated heterocycles. The number of hydrogen-bond acceptors (Lipinski definition) is 4. The van der Waals surface area contributed by atoms with Crippen molar-refractivity contribution < 1.29 is 9.53 Å². The monoisotopic (exact) mass is 374 g/mol. The van der Waals surface area contributed by atoms with Crippen molar-refractivity contribution in [3.8, 4) is 5.75 Å². The Kier molecular flexibility index (Phi) is 8.03. The molecule has 0 unspecified atom stereocenters. The van der Waals surface area contributed by atoms with E-state index < -0.39 is 0 Å². The Morgan fingerprint density at radius 3 is 2.57 bits per heavy atom. The van der Waals surface area contributed by atoms with Gasteiger partial charge in [0, 0.05) is 17.6 Å². The molecule has 0 fully saturated rings. The fraction of sp³-hybridized carbons (Fsp3) is 0.385. The molecule has 0 aromatic heterocycles. The van der Waals surface area contributed by atoms with Crippen molar-refractivity contribution in [2.75, 3.05) is 33.8 Å². The molecule has 0 radical (unpaired) electrons. The highest BCUT2D eigenvalue weighted by Gasteiger charge is 2.03. The lowest BCUT2D eigenvalue weighted by atomic mass is 10.3. The van der Waals surface area contributed by atoms with Crippen molar-refractivity contribution in [2.24, 2.45) is 0 Å². The molecule has 1 aromatic rings. The Morgan fingerprint density at radius 1 is 1.29 bits per heavy atom. The van der Waals surface area contributed by atoms with Crippen LogP contribution < -0.4 is 20.9 Å². The lowest BCUT2D eigenvalue weighted by molar-refractivity contribution is -0.123. The van der Waals surface area contributed by atoms with Crippen LogP contribution in [0.5, 0.6) is 5.75 Å². The van der Waals surface area contributed by atoms with Gasteiger partial charge in [0.15, 0.2) is 11.7 Å². The molecule has 1 amide bonds. The minimum atomic E-state index is -0.310. The van der Waals surface area contributed by atoms with Crippen molar-refractivity contribution >= 4 is 39.2 Å². The highest BCUT2D eigenvalue weighted by molar-refractivity contribution is 9.10. The number of halogens is 1. The molecular weight excluding hydrogens is 356 g/mol. The predicted octanol–water partition coefficient (Wildman–Crippen LogP) is 0.885. The molecule has 8 heteroatoms. The second kappa shape index (κ2) is 9.54. The summed E-state index contributed by atoms with van der Waals surface area (Å²) >= 11 is 8.34. The van der Waals surface area contributed by atoms with Crippen molar-refractivity contribution in [3.05, 3.63) is 28.7 Å². The van der Waals surface area contributed by atoms with Gasteiger partial charge in [-0.05, 0) is 50.6 Å². The van der Waals surface area contributed by atoms with Gasteiger partial charge in [0.2, 0.25) is 0 Å². The molecule has 3 N–H and O–H groups in total. The summed E-state index contributed by atoms with van der Waals surface area (Å²) in [6, 6.07) is 7.24. The van der Waals surface area contributed by atoms with Crippen LogP contribution in [-0.2, 0) is 4.79 Å². The number of nitrogens with zero attached hydrogens (tertiary/aromatic N) is 1. The summed E-state index contributed by atoms with van der Waals surface area (Å²) in [6.07, 6.45) is 0. The topological polar surface area (TPSA) is 65.6 Å². The number of thiocarbonyl (C=S) groups is 1. The lowest BCUT2D eigenvalue weighted by Crippen LogP contribution is -2.49. The highest BCUT2D eigenvalue weighted by Crippen LogP contribution is 2.15. The van der Waals surface area contributed by atoms with Crippen LogP contribution in [0.2, 0.25) is 0 Å². The molecule has 21 heavy (non-hydrogen) atoms. The lowest BCUT2D eigenvalue weighted by Gasteiger charge is -2.14. The van der Waals surface area contributed by atoms with Crippen LogP contribution in [0.1, 0.15) is 0 Å². The van der Waals surface area contributed by atoms with E-state index in [1.165, 1.54) is 0 Å². The van der Waals surface area contributed by atoms with E-state index in [9.17, 15) is 4.79 Å². The summed E-state index contributed by atoms with van der Waals surface area (Å²) in [4.78, 5) is 13.6. The molecule has 0 aliphatic heterocycles. The minimum absolute atomic E-state index is 0.0883. The zero-order valence-electron chi connectivity index (χ0n) is 12.0. The van der Waals surface area contributed by atoms with Crippen LogP contribution in [0.15, 0.2) is 28.7 Å². The maximum Gasteiger partial charge on any atom is 0.276 e. The number of carbonyl (C=O) groups is 1. The van der Waals surface area contributed by atoms with E-state index in [0.717, 1.165) is 11.0 Å². The van der Waals surface area contributed by atoms with E-state index in [0.29, 0.717) is 17.4 Å². The quantitative estimate of drug-likeness (QED) is 0.507. The van der Waals surface area contributed by atoms with Crippen LogP contribution in [0, 0.1) is 0 Å². The van der Waals surface area contributed by atoms with E-state index in [2.05, 4.69) is 32.1 Å². The number of rotatable bonds is 6. The number of carbonyl (C=O) groups excluding carboxylic acids is 1. The van der Waals surface area contributed by atoms with Gasteiger partial charge in [-0.2, -0.15) is 0 Å². The van der Waals surface area contributed by atoms with Gasteiger partial charge in [-0.3, -0.25) is 15.6 Å². The first-order valence-corrected chi connectivity index (χ1v) is 7.53. The molecule has 116 valence electrons. The molecular formula is C13H19BrN4O2S. The van der Waals surface area contributed by atoms with Gasteiger partial charge in [-0.1, -0.05) is 15.9 Å². The van der Waals surface area contributed by atoms with Gasteiger partial charge in [0.1, 0.15) is 5.75 Å². The maximum absolute atomic E-state index is 11.6. The first kappa shape index (κ1) is 17.7. The van der Waals surface area contributed by atoms with Crippen molar-refractivity contribution in [2.45, 2.75) is 0 Å². The Bertz CT molecular complexity index is 468. The average molecular weight is 375 g/mol. The van der Waals surface area contributed by atoms with Crippen molar-refractivity contribution in [1.29, 1.82) is 0 Å². The fourth-order valence-electron chi connectivity index (χ4n) is 1.28. The molecule has 0 heterocycles. The smallest absolute Gasteiger partial charge is 0.276 e. The standard InChI is InChI=1S/C13H19BrN4O2S/c1-18(2)8-7-15-13(21)17-16-12(19)9-20-11-5-3-10(14)4-6-11/h3-6H,7-9H2,1-2H3,(H,16,19)(H2,15,17,21). The third-order valence-corrected chi connectivity index (χ3v) is 3.12. The Morgan fingerprint density at radius 2 is 1.95 bits per heavy atom. The van der Waals surface area contributed by atoms with E-state index in [4.69, 9.17) is 17.0 Å². The first-order chi connectivity index (χ1) is 9.97. The van der Waals surface area contributed by atoms with Crippen LogP contribution in [0.25, 0.3) is 0 Å². The molecule has 0 aliphatic rings. The molecule has 0 atom stereocenters. The number of hydrogen-bond donors (Lipinski definition) is 3. The summed E-state index contributed by atoms with van der Waals surface area (Å²) in [5, 5.41) is 3.34. The maximum atomic E-state index is 11.6. The Labute approximate surface area is 138 Å². The Hall–Kier alpha value is -1.38. The SMILES string of the molecule is CN(C)CCNC(=S)NNC(=O)COc1ccc(Br)cc1. The summed E-state index contributed by atoms with van der Waals surface area (Å²) in [5.74, 6) is 0.315. The van der Waals surface area contributed by atoms with Gasteiger partial charge < -0.3 is 15.0 Å². The average Bonchev–Trinajstić information content (AvgIpc) is 2.44. The van der Waals surface area contributed by atoms with Crippen LogP contribution in [0.4, 0.5) is 0 Å². The normalized spacial score (nSPS) is 10.1. The third kappa shape index (κ3) is 8.49. The molecule has 0 spiro atoms. The van der Waals surface area contributed by atoms with Gasteiger partial charge in [-0.15, -0.1) is 0 Å². The van der Waals surface area contributed by atoms with E-state index in [1.54, 1.807) is 12.1 Å². The summed E-state index contributed by atoms with van der Waals surface area (Å²) < 4.78 is 6.28. The minimum Gasteiger partial charge on any atom is -0.484 e. The number of benzene rings is 1. The third-order valence-electron chi connectivity index (χ3n) is 2.34. The number of ether oxygens (including phenoxy) is 1. The van der Waals surface area contributed by atoms with E-state index in [-0.39, 0.29) is 12.5 Å². The molecule has 0 bridgehead atoms. The fourth-order valence-corrected chi connectivity index (χ4v) is 1.70. The molecule has 6 nitrogen and oxygen atoms in total. The van der Waals surface area contributed by atoms with Crippen LogP contribution in [0.3, 0.4) is 0 Å². The summed E-state index contributed by atoms with van der Waals surface area (Å²) in [7, 11) is 3.94. The highest BCUT2D eigenvalue weighted by atomic mass is 79.9. The van der Waals surface area contributed by atoms with Crippen molar-refractivity contribution in [3.63, 3.8) is 0 Å². The van der Waals surface area contributed by atoms with E-state index >= 15 is 0 Å². The zero-order valence-corrected chi connectivity index (χ0v) is 14.4. The number of hydrazine groups is 1. The van der Waals surface area contributed by atoms with Gasteiger partial charge in [0.25, 0.3) is 5.91 Å². The summed E-state index contributed by atoms with van der Waals surface area (Å²) in [6.45, 7) is 1.46. The molecule has 1 rings (SSSR count). The molecule has 1 aromatic carbocycles. The van der Waals surface area contributed by atoms with Gasteiger partial charge in [0.05, 0.1) is 0 Å². The number of likely N-dealkylation sites (N-methyl/N-ethyl adjacent to an activating group) is 1. The second-order valence-electron chi connectivity index (χ2n) is 4.47. The van der Waals surface area contributed by atoms with Gasteiger partial charge in [-0.25, -0.2) is 0 Å².